The molecule has 0 saturated heterocycles. The van der Waals surface area contributed by atoms with Gasteiger partial charge < -0.3 is 19.0 Å². The molecule has 0 bridgehead atoms. The number of halogens is 5. The van der Waals surface area contributed by atoms with Crippen LogP contribution in [0.4, 0.5) is 22.0 Å². The van der Waals surface area contributed by atoms with E-state index in [2.05, 4.69) is 0 Å². The van der Waals surface area contributed by atoms with E-state index in [1.165, 1.54) is 6.92 Å². The van der Waals surface area contributed by atoms with Gasteiger partial charge in [0.1, 0.15) is 5.67 Å². The fourth-order valence-electron chi connectivity index (χ4n) is 1.82. The van der Waals surface area contributed by atoms with Crippen molar-refractivity contribution in [1.82, 2.24) is 0 Å². The van der Waals surface area contributed by atoms with Crippen LogP contribution in [0.15, 0.2) is 0 Å². The van der Waals surface area contributed by atoms with Crippen LogP contribution in [0.5, 0.6) is 0 Å². The highest BCUT2D eigenvalue weighted by molar-refractivity contribution is 6.62. The molecule has 2 N–H and O–H groups in total. The molecule has 0 amide bonds. The molecule has 10 heteroatoms. The van der Waals surface area contributed by atoms with Crippen molar-refractivity contribution in [2.24, 2.45) is 5.73 Å². The molecule has 0 aromatic heterocycles. The topological polar surface area (TPSA) is 53.7 Å². The van der Waals surface area contributed by atoms with Crippen molar-refractivity contribution in [3.63, 3.8) is 0 Å². The Labute approximate surface area is 119 Å². The second-order valence-electron chi connectivity index (χ2n) is 3.91. The van der Waals surface area contributed by atoms with E-state index in [1.807, 2.05) is 0 Å². The summed E-state index contributed by atoms with van der Waals surface area (Å²) in [6, 6.07) is 0. The zero-order valence-electron chi connectivity index (χ0n) is 11.5. The van der Waals surface area contributed by atoms with Crippen LogP contribution in [0.2, 0.25) is 0 Å². The highest BCUT2D eigenvalue weighted by atomic mass is 28.4. The van der Waals surface area contributed by atoms with Gasteiger partial charge in [0.05, 0.1) is 5.56 Å². The Morgan fingerprint density at radius 1 is 0.905 bits per heavy atom. The van der Waals surface area contributed by atoms with E-state index < -0.39 is 49.1 Å². The molecule has 0 fully saturated rings. The molecule has 1 unspecified atom stereocenters. The van der Waals surface area contributed by atoms with E-state index in [9.17, 15) is 22.0 Å². The molecule has 1 aromatic carbocycles. The first-order chi connectivity index (χ1) is 9.77. The zero-order valence-corrected chi connectivity index (χ0v) is 12.5. The van der Waals surface area contributed by atoms with Crippen molar-refractivity contribution in [1.29, 1.82) is 0 Å². The van der Waals surface area contributed by atoms with Crippen molar-refractivity contribution < 1.29 is 35.2 Å². The predicted molar refractivity (Wildman–Crippen MR) is 64.6 cm³/mol. The number of nitrogens with two attached hydrogens (primary N) is 1. The van der Waals surface area contributed by atoms with Crippen molar-refractivity contribution in [3.8, 4) is 0 Å². The molecule has 4 nitrogen and oxygen atoms in total. The van der Waals surface area contributed by atoms with Gasteiger partial charge in [-0.15, -0.1) is 0 Å². The molecule has 21 heavy (non-hydrogen) atoms. The average Bonchev–Trinajstić information content (AvgIpc) is 2.48. The Kier molecular flexibility index (Phi) is 5.81. The van der Waals surface area contributed by atoms with Gasteiger partial charge in [0.2, 0.25) is 5.82 Å². The Balaban J connectivity index is 3.52. The van der Waals surface area contributed by atoms with E-state index in [4.69, 9.17) is 19.0 Å². The maximum absolute atomic E-state index is 13.8. The zero-order chi connectivity index (χ0) is 16.4. The highest BCUT2D eigenvalue weighted by Gasteiger charge is 2.50. The lowest BCUT2D eigenvalue weighted by Gasteiger charge is -2.31. The summed E-state index contributed by atoms with van der Waals surface area (Å²) in [5.74, 6) is -10.5. The Hall–Kier alpha value is -1.07. The van der Waals surface area contributed by atoms with Crippen LogP contribution in [0.3, 0.4) is 0 Å². The van der Waals surface area contributed by atoms with Gasteiger partial charge in [-0.25, -0.2) is 22.0 Å². The Bertz CT molecular complexity index is 498. The third-order valence-corrected chi connectivity index (χ3v) is 5.73. The molecule has 0 aliphatic heterocycles. The summed E-state index contributed by atoms with van der Waals surface area (Å²) in [5.41, 5.74) is 2.61. The van der Waals surface area contributed by atoms with Crippen molar-refractivity contribution in [3.05, 3.63) is 34.6 Å². The first-order valence-electron chi connectivity index (χ1n) is 5.78. The highest BCUT2D eigenvalue weighted by Crippen LogP contribution is 2.32. The van der Waals surface area contributed by atoms with Gasteiger partial charge in [0.25, 0.3) is 0 Å². The van der Waals surface area contributed by atoms with Gasteiger partial charge in [-0.3, -0.25) is 0 Å². The van der Waals surface area contributed by atoms with Gasteiger partial charge in [-0.2, -0.15) is 0 Å². The lowest BCUT2D eigenvalue weighted by atomic mass is 10.1. The van der Waals surface area contributed by atoms with Gasteiger partial charge in [-0.1, -0.05) is 0 Å². The molecule has 0 heterocycles. The second kappa shape index (κ2) is 6.79. The summed E-state index contributed by atoms with van der Waals surface area (Å²) in [6.45, 7) is 1.54. The van der Waals surface area contributed by atoms with Crippen molar-refractivity contribution in [2.75, 3.05) is 20.8 Å². The SMILES string of the molecule is CCO[Si](OC)(OC)C(N)c1c(F)c(F)c(F)c(F)c1F. The lowest BCUT2D eigenvalue weighted by Crippen LogP contribution is -2.54. The van der Waals surface area contributed by atoms with Crippen LogP contribution in [0, 0.1) is 29.1 Å². The van der Waals surface area contributed by atoms with Crippen molar-refractivity contribution in [2.45, 2.75) is 12.6 Å². The van der Waals surface area contributed by atoms with E-state index in [0.29, 0.717) is 0 Å². The largest absolute Gasteiger partial charge is 0.523 e. The van der Waals surface area contributed by atoms with Crippen LogP contribution in [0.1, 0.15) is 18.2 Å². The lowest BCUT2D eigenvalue weighted by molar-refractivity contribution is 0.0924. The van der Waals surface area contributed by atoms with E-state index in [-0.39, 0.29) is 6.61 Å². The monoisotopic (exact) mass is 331 g/mol. The molecule has 1 atom stereocenters. The fraction of sp³-hybridized carbons (Fsp3) is 0.455. The molecular weight excluding hydrogens is 317 g/mol. The summed E-state index contributed by atoms with van der Waals surface area (Å²) in [7, 11) is -1.65. The summed E-state index contributed by atoms with van der Waals surface area (Å²) < 4.78 is 82.0. The van der Waals surface area contributed by atoms with Crippen LogP contribution in [-0.4, -0.2) is 29.6 Å². The third-order valence-electron chi connectivity index (χ3n) is 2.85. The number of benzene rings is 1. The summed E-state index contributed by atoms with van der Waals surface area (Å²) in [6.07, 6.45) is 0. The van der Waals surface area contributed by atoms with Crippen LogP contribution in [0.25, 0.3) is 0 Å². The smallest absolute Gasteiger partial charge is 0.376 e. The van der Waals surface area contributed by atoms with Gasteiger partial charge in [0.15, 0.2) is 23.3 Å². The van der Waals surface area contributed by atoms with E-state index in [1.54, 1.807) is 0 Å². The fourth-order valence-corrected chi connectivity index (χ4v) is 3.92. The number of rotatable bonds is 6. The minimum atomic E-state index is -3.87. The summed E-state index contributed by atoms with van der Waals surface area (Å²) in [5, 5.41) is 0. The Morgan fingerprint density at radius 3 is 1.62 bits per heavy atom. The minimum Gasteiger partial charge on any atom is -0.376 e. The van der Waals surface area contributed by atoms with Crippen LogP contribution < -0.4 is 5.73 Å². The minimum absolute atomic E-state index is 0.0109. The first-order valence-corrected chi connectivity index (χ1v) is 7.58. The maximum atomic E-state index is 13.8. The molecular formula is C11H14F5NO3Si. The van der Waals surface area contributed by atoms with Gasteiger partial charge in [-0.05, 0) is 6.92 Å². The molecule has 0 aliphatic rings. The van der Waals surface area contributed by atoms with E-state index in [0.717, 1.165) is 14.2 Å². The third kappa shape index (κ3) is 2.94. The van der Waals surface area contributed by atoms with Crippen molar-refractivity contribution >= 4 is 8.80 Å². The van der Waals surface area contributed by atoms with Crippen LogP contribution >= 0.6 is 0 Å². The molecule has 0 radical (unpaired) electrons. The molecule has 0 spiro atoms. The Morgan fingerprint density at radius 2 is 1.29 bits per heavy atom. The quantitative estimate of drug-likeness (QED) is 0.376. The van der Waals surface area contributed by atoms with Gasteiger partial charge in [0, 0.05) is 20.8 Å². The summed E-state index contributed by atoms with van der Waals surface area (Å²) in [4.78, 5) is 0. The first kappa shape index (κ1) is 18.0. The van der Waals surface area contributed by atoms with Gasteiger partial charge >= 0.3 is 8.80 Å². The standard InChI is InChI=1S/C11H14F5NO3Si/c1-4-20-21(18-2,19-3)11(17)5-6(12)8(14)10(16)9(15)7(5)13/h11H,4,17H2,1-3H3. The normalized spacial score (nSPS) is 13.6. The molecule has 1 aromatic rings. The predicted octanol–water partition coefficient (Wildman–Crippen LogP) is 2.19. The second-order valence-corrected chi connectivity index (χ2v) is 6.84. The van der Waals surface area contributed by atoms with E-state index >= 15 is 0 Å². The van der Waals surface area contributed by atoms with Crippen LogP contribution in [-0.2, 0) is 13.3 Å². The maximum Gasteiger partial charge on any atom is 0.523 e. The summed E-state index contributed by atoms with van der Waals surface area (Å²) >= 11 is 0. The molecule has 120 valence electrons. The molecule has 0 aliphatic carbocycles. The molecule has 1 rings (SSSR count). The molecule has 0 saturated carbocycles. The number of hydrogen-bond donors (Lipinski definition) is 1. The number of hydrogen-bond acceptors (Lipinski definition) is 4. The average molecular weight is 331 g/mol.